The fraction of sp³-hybridized carbons (Fsp3) is 0.400. The Morgan fingerprint density at radius 2 is 1.89 bits per heavy atom. The minimum Gasteiger partial charge on any atom is -0.491 e. The normalized spacial score (nSPS) is 16.1. The van der Waals surface area contributed by atoms with Gasteiger partial charge in [0.15, 0.2) is 0 Å². The number of carbonyl (C=O) groups excluding carboxylic acids is 2. The number of nitro groups is 1. The number of nitrogens with one attached hydrogen (secondary N) is 1. The Kier molecular flexibility index (Phi) is 8.06. The monoisotopic (exact) mass is 483 g/mol. The third kappa shape index (κ3) is 6.14. The van der Waals surface area contributed by atoms with Crippen LogP contribution in [0.1, 0.15) is 44.4 Å². The molecular formula is C25H29N3O7. The summed E-state index contributed by atoms with van der Waals surface area (Å²) >= 11 is 0. The Balaban J connectivity index is 2.08. The van der Waals surface area contributed by atoms with Crippen molar-refractivity contribution in [2.75, 3.05) is 6.61 Å². The van der Waals surface area contributed by atoms with Crippen molar-refractivity contribution in [2.24, 2.45) is 5.92 Å². The minimum atomic E-state index is -1.23. The first-order valence-electron chi connectivity index (χ1n) is 11.4. The van der Waals surface area contributed by atoms with Gasteiger partial charge in [0.1, 0.15) is 24.4 Å². The van der Waals surface area contributed by atoms with Gasteiger partial charge >= 0.3 is 5.97 Å². The molecule has 0 saturated carbocycles. The highest BCUT2D eigenvalue weighted by Gasteiger charge is 2.43. The number of rotatable bonds is 10. The molecule has 1 aliphatic heterocycles. The second-order valence-electron chi connectivity index (χ2n) is 8.98. The summed E-state index contributed by atoms with van der Waals surface area (Å²) in [6.07, 6.45) is 0.305. The van der Waals surface area contributed by atoms with Crippen LogP contribution in [-0.4, -0.2) is 51.4 Å². The van der Waals surface area contributed by atoms with Gasteiger partial charge in [-0.15, -0.1) is 0 Å². The average molecular weight is 484 g/mol. The maximum atomic E-state index is 14.0. The van der Waals surface area contributed by atoms with Crippen LogP contribution in [0.5, 0.6) is 5.75 Å². The molecule has 1 heterocycles. The number of non-ortho nitro benzene ring substituents is 1. The number of ether oxygens (including phenoxy) is 1. The summed E-state index contributed by atoms with van der Waals surface area (Å²) < 4.78 is 5.69. The average Bonchev–Trinajstić information content (AvgIpc) is 3.21. The number of carbonyl (C=O) groups is 3. The molecule has 3 atom stereocenters. The smallest absolute Gasteiger partial charge is 0.326 e. The molecule has 2 aromatic carbocycles. The van der Waals surface area contributed by atoms with Gasteiger partial charge in [0.2, 0.25) is 11.8 Å². The number of hydrogen-bond acceptors (Lipinski definition) is 6. The van der Waals surface area contributed by atoms with E-state index in [-0.39, 0.29) is 31.1 Å². The molecule has 10 heteroatoms. The number of amides is 2. The van der Waals surface area contributed by atoms with Gasteiger partial charge in [0.25, 0.3) is 5.69 Å². The van der Waals surface area contributed by atoms with E-state index in [9.17, 15) is 29.6 Å². The molecule has 2 amide bonds. The highest BCUT2D eigenvalue weighted by molar-refractivity contribution is 5.91. The van der Waals surface area contributed by atoms with Crippen molar-refractivity contribution in [1.29, 1.82) is 0 Å². The van der Waals surface area contributed by atoms with Crippen molar-refractivity contribution in [3.05, 3.63) is 69.8 Å². The Labute approximate surface area is 203 Å². The quantitative estimate of drug-likeness (QED) is 0.391. The fourth-order valence-electron chi connectivity index (χ4n) is 4.31. The molecule has 0 aromatic heterocycles. The Morgan fingerprint density at radius 3 is 2.46 bits per heavy atom. The van der Waals surface area contributed by atoms with E-state index in [0.717, 1.165) is 5.56 Å². The molecule has 186 valence electrons. The highest BCUT2D eigenvalue weighted by Crippen LogP contribution is 2.40. The molecule has 2 aromatic rings. The number of benzene rings is 2. The first-order chi connectivity index (χ1) is 16.6. The van der Waals surface area contributed by atoms with E-state index in [1.165, 1.54) is 30.0 Å². The number of hydrogen-bond donors (Lipinski definition) is 2. The number of carboxylic acid groups (broad SMARTS) is 1. The second kappa shape index (κ2) is 11.0. The second-order valence-corrected chi connectivity index (χ2v) is 8.98. The van der Waals surface area contributed by atoms with Crippen LogP contribution < -0.4 is 10.1 Å². The lowest BCUT2D eigenvalue weighted by Crippen LogP contribution is -2.56. The van der Waals surface area contributed by atoms with E-state index >= 15 is 0 Å². The Hall–Kier alpha value is -3.95. The lowest BCUT2D eigenvalue weighted by atomic mass is 9.95. The number of nitro benzene ring substituents is 1. The molecule has 0 bridgehead atoms. The zero-order valence-corrected chi connectivity index (χ0v) is 19.8. The summed E-state index contributed by atoms with van der Waals surface area (Å²) in [5.41, 5.74) is 0.961. The van der Waals surface area contributed by atoms with Crippen LogP contribution in [0.15, 0.2) is 48.5 Å². The number of fused-ring (bicyclic) bond motifs is 1. The van der Waals surface area contributed by atoms with Crippen LogP contribution in [0.25, 0.3) is 0 Å². The van der Waals surface area contributed by atoms with E-state index in [1.54, 1.807) is 12.1 Å². The van der Waals surface area contributed by atoms with Gasteiger partial charge < -0.3 is 20.1 Å². The van der Waals surface area contributed by atoms with Gasteiger partial charge in [-0.25, -0.2) is 4.79 Å². The van der Waals surface area contributed by atoms with Gasteiger partial charge in [-0.05, 0) is 24.0 Å². The standard InChI is InChI=1S/C25H29N3O7/c1-15(2)11-21(25(31)32)27(22-14-35-23-10-9-18(28(33)34)13-19(22)23)24(30)20(26-16(3)29)12-17-7-5-4-6-8-17/h4-10,13,15,20-22H,11-12,14H2,1-3H3,(H,26,29)(H,31,32)/t20?,21-,22+/m0/s1. The third-order valence-corrected chi connectivity index (χ3v) is 5.82. The van der Waals surface area contributed by atoms with Gasteiger partial charge in [-0.2, -0.15) is 0 Å². The van der Waals surface area contributed by atoms with Crippen molar-refractivity contribution >= 4 is 23.5 Å². The summed E-state index contributed by atoms with van der Waals surface area (Å²) in [7, 11) is 0. The fourth-order valence-corrected chi connectivity index (χ4v) is 4.31. The number of carboxylic acids is 1. The third-order valence-electron chi connectivity index (χ3n) is 5.82. The van der Waals surface area contributed by atoms with Crippen LogP contribution in [0.2, 0.25) is 0 Å². The lowest BCUT2D eigenvalue weighted by Gasteiger charge is -2.37. The van der Waals surface area contributed by atoms with Crippen LogP contribution in [0, 0.1) is 16.0 Å². The van der Waals surface area contributed by atoms with Crippen LogP contribution in [0.4, 0.5) is 5.69 Å². The molecule has 0 spiro atoms. The molecule has 0 saturated heterocycles. The topological polar surface area (TPSA) is 139 Å². The van der Waals surface area contributed by atoms with E-state index in [0.29, 0.717) is 11.3 Å². The van der Waals surface area contributed by atoms with Crippen LogP contribution in [0.3, 0.4) is 0 Å². The van der Waals surface area contributed by atoms with Gasteiger partial charge in [0, 0.05) is 31.0 Å². The van der Waals surface area contributed by atoms with Gasteiger partial charge in [0.05, 0.1) is 11.0 Å². The predicted octanol–water partition coefficient (Wildman–Crippen LogP) is 3.10. The van der Waals surface area contributed by atoms with Crippen molar-refractivity contribution in [1.82, 2.24) is 10.2 Å². The molecule has 3 rings (SSSR count). The summed E-state index contributed by atoms with van der Waals surface area (Å²) in [5, 5.41) is 24.2. The first kappa shape index (κ1) is 25.7. The molecule has 35 heavy (non-hydrogen) atoms. The van der Waals surface area contributed by atoms with Crippen LogP contribution in [-0.2, 0) is 20.8 Å². The summed E-state index contributed by atoms with van der Waals surface area (Å²) in [6, 6.07) is 9.99. The zero-order chi connectivity index (χ0) is 25.7. The molecule has 10 nitrogen and oxygen atoms in total. The Bertz CT molecular complexity index is 1100. The van der Waals surface area contributed by atoms with E-state index in [2.05, 4.69) is 5.32 Å². The van der Waals surface area contributed by atoms with E-state index in [1.807, 2.05) is 32.0 Å². The van der Waals surface area contributed by atoms with Crippen molar-refractivity contribution in [3.63, 3.8) is 0 Å². The molecular weight excluding hydrogens is 454 g/mol. The molecule has 0 radical (unpaired) electrons. The summed E-state index contributed by atoms with van der Waals surface area (Å²) in [5.74, 6) is -1.94. The molecule has 1 unspecified atom stereocenters. The van der Waals surface area contributed by atoms with E-state index in [4.69, 9.17) is 4.74 Å². The highest BCUT2D eigenvalue weighted by atomic mass is 16.6. The SMILES string of the molecule is CC(=O)NC(Cc1ccccc1)C(=O)N([C@@H]1COc2ccc([N+](=O)[O-])cc21)[C@@H](CC(C)C)C(=O)O. The summed E-state index contributed by atoms with van der Waals surface area (Å²) in [6.45, 7) is 4.92. The molecule has 0 fully saturated rings. The van der Waals surface area contributed by atoms with Crippen LogP contribution >= 0.6 is 0 Å². The molecule has 0 aliphatic carbocycles. The van der Waals surface area contributed by atoms with Gasteiger partial charge in [-0.3, -0.25) is 19.7 Å². The minimum absolute atomic E-state index is 0.0533. The predicted molar refractivity (Wildman–Crippen MR) is 127 cm³/mol. The van der Waals surface area contributed by atoms with Crippen molar-refractivity contribution in [2.45, 2.75) is 51.7 Å². The summed E-state index contributed by atoms with van der Waals surface area (Å²) in [4.78, 5) is 50.4. The Morgan fingerprint density at radius 1 is 1.20 bits per heavy atom. The molecule has 2 N–H and O–H groups in total. The number of aliphatic carboxylic acids is 1. The van der Waals surface area contributed by atoms with E-state index < -0.39 is 40.8 Å². The largest absolute Gasteiger partial charge is 0.491 e. The maximum absolute atomic E-state index is 14.0. The number of nitrogens with zero attached hydrogens (tertiary/aromatic N) is 2. The zero-order valence-electron chi connectivity index (χ0n) is 19.8. The van der Waals surface area contributed by atoms with Crippen molar-refractivity contribution in [3.8, 4) is 5.75 Å². The maximum Gasteiger partial charge on any atom is 0.326 e. The van der Waals surface area contributed by atoms with Gasteiger partial charge in [-0.1, -0.05) is 44.2 Å². The lowest BCUT2D eigenvalue weighted by molar-refractivity contribution is -0.384. The first-order valence-corrected chi connectivity index (χ1v) is 11.4. The molecule has 1 aliphatic rings. The van der Waals surface area contributed by atoms with Crippen molar-refractivity contribution < 1.29 is 29.2 Å².